The average Bonchev–Trinajstić information content (AvgIpc) is 2.33. The zero-order chi connectivity index (χ0) is 11.1. The first-order valence-electron chi connectivity index (χ1n) is 5.89. The Morgan fingerprint density at radius 1 is 1.20 bits per heavy atom. The Hall–Kier alpha value is -1.08. The topological polar surface area (TPSA) is 26.0 Å². The van der Waals surface area contributed by atoms with Gasteiger partial charge in [-0.1, -0.05) is 44.2 Å². The third-order valence-corrected chi connectivity index (χ3v) is 2.62. The minimum atomic E-state index is 0.656. The van der Waals surface area contributed by atoms with Crippen LogP contribution in [0.2, 0.25) is 0 Å². The van der Waals surface area contributed by atoms with E-state index in [1.54, 1.807) is 0 Å². The van der Waals surface area contributed by atoms with Crippen LogP contribution in [0, 0.1) is 0 Å². The third-order valence-electron chi connectivity index (χ3n) is 2.62. The summed E-state index contributed by atoms with van der Waals surface area (Å²) < 4.78 is 0. The van der Waals surface area contributed by atoms with Gasteiger partial charge in [-0.3, -0.25) is 0 Å². The number of allylic oxidation sites excluding steroid dienone is 1. The number of aryl methyl sites for hydroxylation is 1. The van der Waals surface area contributed by atoms with Crippen molar-refractivity contribution in [1.82, 2.24) is 0 Å². The van der Waals surface area contributed by atoms with Crippen LogP contribution in [0.5, 0.6) is 0 Å². The van der Waals surface area contributed by atoms with Crippen molar-refractivity contribution < 1.29 is 0 Å². The van der Waals surface area contributed by atoms with Gasteiger partial charge in [-0.05, 0) is 36.0 Å². The molecule has 0 amide bonds. The largest absolute Gasteiger partial charge is 0.327 e. The van der Waals surface area contributed by atoms with Crippen molar-refractivity contribution in [3.8, 4) is 0 Å². The van der Waals surface area contributed by atoms with E-state index in [4.69, 9.17) is 5.73 Å². The van der Waals surface area contributed by atoms with Crippen LogP contribution in [0.3, 0.4) is 0 Å². The minimum absolute atomic E-state index is 0.656. The van der Waals surface area contributed by atoms with E-state index in [0.29, 0.717) is 6.54 Å². The molecule has 15 heavy (non-hydrogen) atoms. The van der Waals surface area contributed by atoms with Crippen molar-refractivity contribution >= 4 is 5.57 Å². The zero-order valence-corrected chi connectivity index (χ0v) is 9.79. The molecule has 0 aliphatic heterocycles. The summed E-state index contributed by atoms with van der Waals surface area (Å²) in [5.74, 6) is 0. The quantitative estimate of drug-likeness (QED) is 0.744. The maximum Gasteiger partial charge on any atom is 0.0112 e. The first kappa shape index (κ1) is 12.0. The van der Waals surface area contributed by atoms with Crippen LogP contribution in [0.4, 0.5) is 0 Å². The zero-order valence-electron chi connectivity index (χ0n) is 9.79. The number of nitrogens with two attached hydrogens (primary N) is 1. The molecule has 0 saturated carbocycles. The monoisotopic (exact) mass is 203 g/mol. The number of rotatable bonds is 1. The summed E-state index contributed by atoms with van der Waals surface area (Å²) in [6.07, 6.45) is 5.83. The fraction of sp³-hybridized carbons (Fsp3) is 0.429. The van der Waals surface area contributed by atoms with Crippen LogP contribution in [-0.2, 0) is 6.42 Å². The molecule has 0 bridgehead atoms. The highest BCUT2D eigenvalue weighted by Gasteiger charge is 2.11. The Kier molecular flexibility index (Phi) is 5.13. The van der Waals surface area contributed by atoms with Gasteiger partial charge in [0.2, 0.25) is 0 Å². The van der Waals surface area contributed by atoms with Crippen LogP contribution in [0.1, 0.15) is 37.8 Å². The lowest BCUT2D eigenvalue weighted by Gasteiger charge is -2.18. The highest BCUT2D eigenvalue weighted by Crippen LogP contribution is 2.29. The molecule has 1 heteroatoms. The van der Waals surface area contributed by atoms with Crippen LogP contribution in [0.15, 0.2) is 30.3 Å². The van der Waals surface area contributed by atoms with E-state index >= 15 is 0 Å². The van der Waals surface area contributed by atoms with E-state index in [-0.39, 0.29) is 0 Å². The van der Waals surface area contributed by atoms with E-state index in [1.165, 1.54) is 36.0 Å². The predicted molar refractivity (Wildman–Crippen MR) is 67.8 cm³/mol. The molecule has 0 atom stereocenters. The molecule has 2 rings (SSSR count). The Bertz CT molecular complexity index is 326. The molecular weight excluding hydrogens is 182 g/mol. The number of hydrogen-bond donors (Lipinski definition) is 1. The van der Waals surface area contributed by atoms with Gasteiger partial charge in [0.1, 0.15) is 0 Å². The first-order valence-corrected chi connectivity index (χ1v) is 5.89. The van der Waals surface area contributed by atoms with Crippen molar-refractivity contribution in [2.45, 2.75) is 33.1 Å². The van der Waals surface area contributed by atoms with Crippen LogP contribution < -0.4 is 5.73 Å². The molecule has 1 aromatic rings. The van der Waals surface area contributed by atoms with Gasteiger partial charge in [-0.2, -0.15) is 0 Å². The highest BCUT2D eigenvalue weighted by atomic mass is 14.5. The lowest BCUT2D eigenvalue weighted by atomic mass is 9.87. The molecule has 0 aromatic heterocycles. The van der Waals surface area contributed by atoms with E-state index < -0.39 is 0 Å². The number of fused-ring (bicyclic) bond motifs is 1. The fourth-order valence-corrected chi connectivity index (χ4v) is 2.01. The van der Waals surface area contributed by atoms with Crippen molar-refractivity contribution in [3.63, 3.8) is 0 Å². The second-order valence-electron chi connectivity index (χ2n) is 3.48. The summed E-state index contributed by atoms with van der Waals surface area (Å²) in [6, 6.07) is 8.65. The Morgan fingerprint density at radius 3 is 2.67 bits per heavy atom. The molecule has 2 N–H and O–H groups in total. The molecule has 0 spiro atoms. The summed E-state index contributed by atoms with van der Waals surface area (Å²) in [4.78, 5) is 0. The summed E-state index contributed by atoms with van der Waals surface area (Å²) in [7, 11) is 0. The van der Waals surface area contributed by atoms with E-state index in [1.807, 2.05) is 13.8 Å². The van der Waals surface area contributed by atoms with Crippen molar-refractivity contribution in [2.24, 2.45) is 5.73 Å². The molecule has 0 unspecified atom stereocenters. The second kappa shape index (κ2) is 6.41. The predicted octanol–water partition coefficient (Wildman–Crippen LogP) is 3.39. The maximum absolute atomic E-state index is 5.54. The van der Waals surface area contributed by atoms with Gasteiger partial charge >= 0.3 is 0 Å². The Morgan fingerprint density at radius 2 is 1.93 bits per heavy atom. The molecule has 82 valence electrons. The first-order chi connectivity index (χ1) is 7.42. The lowest BCUT2D eigenvalue weighted by molar-refractivity contribution is 0.820. The van der Waals surface area contributed by atoms with Gasteiger partial charge < -0.3 is 5.73 Å². The summed E-state index contributed by atoms with van der Waals surface area (Å²) in [5, 5.41) is 0. The van der Waals surface area contributed by atoms with Gasteiger partial charge in [0.25, 0.3) is 0 Å². The molecule has 1 nitrogen and oxygen atoms in total. The average molecular weight is 203 g/mol. The molecule has 0 radical (unpaired) electrons. The van der Waals surface area contributed by atoms with E-state index in [2.05, 4.69) is 30.3 Å². The minimum Gasteiger partial charge on any atom is -0.327 e. The molecule has 1 aromatic carbocycles. The van der Waals surface area contributed by atoms with E-state index in [0.717, 1.165) is 0 Å². The van der Waals surface area contributed by atoms with Gasteiger partial charge in [0.15, 0.2) is 0 Å². The van der Waals surface area contributed by atoms with Gasteiger partial charge in [0.05, 0.1) is 0 Å². The second-order valence-corrected chi connectivity index (χ2v) is 3.48. The van der Waals surface area contributed by atoms with Crippen LogP contribution in [-0.4, -0.2) is 6.54 Å². The van der Waals surface area contributed by atoms with Crippen LogP contribution in [0.25, 0.3) is 5.57 Å². The van der Waals surface area contributed by atoms with Gasteiger partial charge in [-0.15, -0.1) is 0 Å². The summed E-state index contributed by atoms with van der Waals surface area (Å²) in [5.41, 5.74) is 9.87. The molecule has 1 aliphatic rings. The molecular formula is C14H21N. The summed E-state index contributed by atoms with van der Waals surface area (Å²) in [6.45, 7) is 4.66. The SMILES string of the molecule is CC.NC/C=C1\CCCc2ccccc21. The Balaban J connectivity index is 0.000000531. The van der Waals surface area contributed by atoms with Crippen molar-refractivity contribution in [3.05, 3.63) is 41.5 Å². The number of hydrogen-bond acceptors (Lipinski definition) is 1. The molecule has 0 heterocycles. The third kappa shape index (κ3) is 2.93. The lowest BCUT2D eigenvalue weighted by Crippen LogP contribution is -2.03. The maximum atomic E-state index is 5.54. The van der Waals surface area contributed by atoms with Gasteiger partial charge in [-0.25, -0.2) is 0 Å². The number of benzene rings is 1. The van der Waals surface area contributed by atoms with Crippen LogP contribution >= 0.6 is 0 Å². The molecule has 0 fully saturated rings. The van der Waals surface area contributed by atoms with Crippen molar-refractivity contribution in [2.75, 3.05) is 6.54 Å². The van der Waals surface area contributed by atoms with Crippen molar-refractivity contribution in [1.29, 1.82) is 0 Å². The fourth-order valence-electron chi connectivity index (χ4n) is 2.01. The highest BCUT2D eigenvalue weighted by molar-refractivity contribution is 5.69. The summed E-state index contributed by atoms with van der Waals surface area (Å²) >= 11 is 0. The molecule has 0 saturated heterocycles. The Labute approximate surface area is 93.0 Å². The van der Waals surface area contributed by atoms with Gasteiger partial charge in [0, 0.05) is 6.54 Å². The molecule has 1 aliphatic carbocycles. The van der Waals surface area contributed by atoms with E-state index in [9.17, 15) is 0 Å². The standard InChI is InChI=1S/C12H15N.C2H6/c13-9-8-11-6-3-5-10-4-1-2-7-12(10)11;1-2/h1-2,4,7-8H,3,5-6,9,13H2;1-2H3/b11-8+;. The smallest absolute Gasteiger partial charge is 0.0112 e. The normalized spacial score (nSPS) is 16.6.